The Morgan fingerprint density at radius 2 is 1.76 bits per heavy atom. The van der Waals surface area contributed by atoms with Gasteiger partial charge >= 0.3 is 0 Å². The number of benzene rings is 2. The molecule has 0 radical (unpaired) electrons. The number of fused-ring (bicyclic) bond motifs is 1. The molecule has 0 N–H and O–H groups in total. The fraction of sp³-hybridized carbons (Fsp3) is 0.269. The number of hydrogen-bond acceptors (Lipinski definition) is 4. The van der Waals surface area contributed by atoms with Crippen LogP contribution in [0.25, 0.3) is 22.2 Å². The standard InChI is InChI=1S/C26H26FN5O/c1-18-23(17-30(2)29-18)25-15-22(21-5-3-4-6-24(21)28-25)26(33)32-13-11-31(12-14-32)16-19-7-9-20(27)10-8-19/h3-10,15,17H,11-14,16H2,1-2H3. The molecule has 5 rings (SSSR count). The van der Waals surface area contributed by atoms with Gasteiger partial charge in [0.1, 0.15) is 5.82 Å². The second-order valence-electron chi connectivity index (χ2n) is 8.57. The zero-order chi connectivity index (χ0) is 22.9. The Labute approximate surface area is 192 Å². The van der Waals surface area contributed by atoms with Crippen LogP contribution in [0.4, 0.5) is 4.39 Å². The summed E-state index contributed by atoms with van der Waals surface area (Å²) in [6.07, 6.45) is 1.94. The van der Waals surface area contributed by atoms with Crippen LogP contribution in [0.5, 0.6) is 0 Å². The number of carbonyl (C=O) groups excluding carboxylic acids is 1. The van der Waals surface area contributed by atoms with E-state index in [-0.39, 0.29) is 11.7 Å². The Morgan fingerprint density at radius 3 is 2.45 bits per heavy atom. The molecule has 0 unspecified atom stereocenters. The van der Waals surface area contributed by atoms with Crippen LogP contribution >= 0.6 is 0 Å². The fourth-order valence-corrected chi connectivity index (χ4v) is 4.47. The van der Waals surface area contributed by atoms with Gasteiger partial charge in [0.05, 0.1) is 22.5 Å². The summed E-state index contributed by atoms with van der Waals surface area (Å²) < 4.78 is 14.9. The zero-order valence-electron chi connectivity index (χ0n) is 18.8. The van der Waals surface area contributed by atoms with Gasteiger partial charge in [0.25, 0.3) is 5.91 Å². The Morgan fingerprint density at radius 1 is 1.03 bits per heavy atom. The molecule has 0 spiro atoms. The summed E-state index contributed by atoms with van der Waals surface area (Å²) in [6.45, 7) is 5.57. The Kier molecular flexibility index (Phi) is 5.64. The van der Waals surface area contributed by atoms with E-state index in [0.717, 1.165) is 53.1 Å². The van der Waals surface area contributed by atoms with Crippen LogP contribution in [0.15, 0.2) is 60.8 Å². The zero-order valence-corrected chi connectivity index (χ0v) is 18.8. The lowest BCUT2D eigenvalue weighted by Gasteiger charge is -2.35. The number of para-hydroxylation sites is 1. The molecule has 1 aliphatic heterocycles. The van der Waals surface area contributed by atoms with E-state index in [0.29, 0.717) is 18.7 Å². The first-order valence-electron chi connectivity index (χ1n) is 11.1. The molecule has 3 heterocycles. The first kappa shape index (κ1) is 21.3. The summed E-state index contributed by atoms with van der Waals surface area (Å²) in [6, 6.07) is 16.3. The van der Waals surface area contributed by atoms with Crippen molar-refractivity contribution >= 4 is 16.8 Å². The van der Waals surface area contributed by atoms with Crippen molar-refractivity contribution in [3.05, 3.63) is 83.4 Å². The van der Waals surface area contributed by atoms with E-state index >= 15 is 0 Å². The molecule has 2 aromatic heterocycles. The predicted molar refractivity (Wildman–Crippen MR) is 126 cm³/mol. The summed E-state index contributed by atoms with van der Waals surface area (Å²) in [5.41, 5.74) is 5.13. The Balaban J connectivity index is 1.38. The summed E-state index contributed by atoms with van der Waals surface area (Å²) in [5.74, 6) is -0.197. The monoisotopic (exact) mass is 443 g/mol. The average Bonchev–Trinajstić information content (AvgIpc) is 3.17. The summed E-state index contributed by atoms with van der Waals surface area (Å²) in [7, 11) is 1.88. The first-order valence-corrected chi connectivity index (χ1v) is 11.1. The summed E-state index contributed by atoms with van der Waals surface area (Å²) in [4.78, 5) is 22.6. The van der Waals surface area contributed by atoms with Crippen molar-refractivity contribution in [2.24, 2.45) is 7.05 Å². The smallest absolute Gasteiger partial charge is 0.254 e. The van der Waals surface area contributed by atoms with Crippen LogP contribution in [0.1, 0.15) is 21.6 Å². The number of aromatic nitrogens is 3. The molecule has 2 aromatic carbocycles. The van der Waals surface area contributed by atoms with Crippen LogP contribution in [-0.2, 0) is 13.6 Å². The van der Waals surface area contributed by atoms with Crippen LogP contribution in [0.3, 0.4) is 0 Å². The van der Waals surface area contributed by atoms with Crippen molar-refractivity contribution < 1.29 is 9.18 Å². The number of amides is 1. The summed E-state index contributed by atoms with van der Waals surface area (Å²) in [5, 5.41) is 5.30. The SMILES string of the molecule is Cc1nn(C)cc1-c1cc(C(=O)N2CCN(Cc3ccc(F)cc3)CC2)c2ccccc2n1. The molecule has 168 valence electrons. The van der Waals surface area contributed by atoms with E-state index in [2.05, 4.69) is 10.00 Å². The number of carbonyl (C=O) groups is 1. The van der Waals surface area contributed by atoms with Gasteiger partial charge in [-0.3, -0.25) is 14.4 Å². The maximum absolute atomic E-state index is 13.6. The molecular formula is C26H26FN5O. The maximum Gasteiger partial charge on any atom is 0.254 e. The van der Waals surface area contributed by atoms with Crippen molar-refractivity contribution in [2.75, 3.05) is 26.2 Å². The van der Waals surface area contributed by atoms with E-state index in [1.165, 1.54) is 12.1 Å². The number of piperazine rings is 1. The molecule has 4 aromatic rings. The lowest BCUT2D eigenvalue weighted by Crippen LogP contribution is -2.48. The van der Waals surface area contributed by atoms with E-state index in [4.69, 9.17) is 4.98 Å². The van der Waals surface area contributed by atoms with Crippen molar-refractivity contribution in [1.82, 2.24) is 24.6 Å². The summed E-state index contributed by atoms with van der Waals surface area (Å²) >= 11 is 0. The van der Waals surface area contributed by atoms with Gasteiger partial charge in [-0.15, -0.1) is 0 Å². The van der Waals surface area contributed by atoms with Gasteiger partial charge in [-0.1, -0.05) is 30.3 Å². The topological polar surface area (TPSA) is 54.3 Å². The highest BCUT2D eigenvalue weighted by molar-refractivity contribution is 6.07. The van der Waals surface area contributed by atoms with Crippen molar-refractivity contribution in [2.45, 2.75) is 13.5 Å². The molecule has 0 saturated carbocycles. The highest BCUT2D eigenvalue weighted by Gasteiger charge is 2.25. The minimum atomic E-state index is -0.223. The van der Waals surface area contributed by atoms with Gasteiger partial charge in [-0.25, -0.2) is 9.37 Å². The van der Waals surface area contributed by atoms with Crippen molar-refractivity contribution in [3.63, 3.8) is 0 Å². The number of nitrogens with zero attached hydrogens (tertiary/aromatic N) is 5. The third-order valence-electron chi connectivity index (χ3n) is 6.21. The molecule has 0 aliphatic carbocycles. The number of rotatable bonds is 4. The highest BCUT2D eigenvalue weighted by Crippen LogP contribution is 2.27. The fourth-order valence-electron chi connectivity index (χ4n) is 4.47. The van der Waals surface area contributed by atoms with Crippen molar-refractivity contribution in [3.8, 4) is 11.3 Å². The minimum absolute atomic E-state index is 0.0258. The third kappa shape index (κ3) is 4.36. The van der Waals surface area contributed by atoms with Crippen LogP contribution in [0.2, 0.25) is 0 Å². The van der Waals surface area contributed by atoms with Crippen molar-refractivity contribution in [1.29, 1.82) is 0 Å². The van der Waals surface area contributed by atoms with Gasteiger partial charge in [-0.05, 0) is 36.8 Å². The van der Waals surface area contributed by atoms with Gasteiger partial charge in [0.2, 0.25) is 0 Å². The van der Waals surface area contributed by atoms with E-state index in [9.17, 15) is 9.18 Å². The number of halogens is 1. The number of pyridine rings is 1. The molecule has 0 bridgehead atoms. The molecule has 1 amide bonds. The maximum atomic E-state index is 13.6. The van der Waals surface area contributed by atoms with Gasteiger partial charge in [0, 0.05) is 56.9 Å². The molecule has 7 heteroatoms. The Bertz CT molecular complexity index is 1310. The molecule has 1 fully saturated rings. The first-order chi connectivity index (χ1) is 16.0. The quantitative estimate of drug-likeness (QED) is 0.478. The van der Waals surface area contributed by atoms with Gasteiger partial charge < -0.3 is 4.90 Å². The van der Waals surface area contributed by atoms with E-state index in [1.54, 1.807) is 4.68 Å². The largest absolute Gasteiger partial charge is 0.336 e. The van der Waals surface area contributed by atoms with E-state index in [1.807, 2.05) is 67.5 Å². The normalized spacial score (nSPS) is 14.7. The molecular weight excluding hydrogens is 417 g/mol. The molecule has 1 aliphatic rings. The second-order valence-corrected chi connectivity index (χ2v) is 8.57. The van der Waals surface area contributed by atoms with Crippen LogP contribution in [0, 0.1) is 12.7 Å². The Hall–Kier alpha value is -3.58. The molecule has 33 heavy (non-hydrogen) atoms. The number of hydrogen-bond donors (Lipinski definition) is 0. The third-order valence-corrected chi connectivity index (χ3v) is 6.21. The second kappa shape index (κ2) is 8.75. The van der Waals surface area contributed by atoms with E-state index < -0.39 is 0 Å². The van der Waals surface area contributed by atoms with Crippen LogP contribution in [-0.4, -0.2) is 56.7 Å². The van der Waals surface area contributed by atoms with Gasteiger partial charge in [0.15, 0.2) is 0 Å². The molecule has 1 saturated heterocycles. The highest BCUT2D eigenvalue weighted by atomic mass is 19.1. The molecule has 6 nitrogen and oxygen atoms in total. The lowest BCUT2D eigenvalue weighted by atomic mass is 10.0. The number of aryl methyl sites for hydroxylation is 2. The lowest BCUT2D eigenvalue weighted by molar-refractivity contribution is 0.0630. The molecule has 0 atom stereocenters. The van der Waals surface area contributed by atoms with Gasteiger partial charge in [-0.2, -0.15) is 5.10 Å². The van der Waals surface area contributed by atoms with Crippen LogP contribution < -0.4 is 0 Å². The predicted octanol–water partition coefficient (Wildman–Crippen LogP) is 4.04. The minimum Gasteiger partial charge on any atom is -0.336 e. The average molecular weight is 444 g/mol.